The van der Waals surface area contributed by atoms with Gasteiger partial charge in [-0.2, -0.15) is 0 Å². The van der Waals surface area contributed by atoms with Gasteiger partial charge in [0, 0.05) is 13.1 Å². The fraction of sp³-hybridized carbons (Fsp3) is 0.905. The fourth-order valence-electron chi connectivity index (χ4n) is 3.25. The van der Waals surface area contributed by atoms with E-state index in [0.29, 0.717) is 25.8 Å². The number of aliphatic hydroxyl groups excluding tert-OH is 2. The van der Waals surface area contributed by atoms with E-state index in [1.54, 1.807) is 0 Å². The van der Waals surface area contributed by atoms with Crippen molar-refractivity contribution in [2.24, 2.45) is 16.5 Å². The molecule has 0 aliphatic heterocycles. The lowest BCUT2D eigenvalue weighted by Gasteiger charge is -2.21. The predicted molar refractivity (Wildman–Crippen MR) is 118 cm³/mol. The Kier molecular flexibility index (Phi) is 17.7. The average Bonchev–Trinajstić information content (AvgIpc) is 2.67. The van der Waals surface area contributed by atoms with Gasteiger partial charge in [-0.25, -0.2) is 0 Å². The molecule has 0 spiro atoms. The molecule has 0 amide bonds. The number of carboxylic acids is 1. The molecule has 0 aliphatic carbocycles. The molecule has 0 heterocycles. The molecule has 0 saturated carbocycles. The minimum Gasteiger partial charge on any atom is -0.480 e. The first-order valence-electron chi connectivity index (χ1n) is 11.3. The number of hydrogen-bond acceptors (Lipinski definition) is 5. The topological polar surface area (TPSA) is 154 Å². The number of nitrogens with one attached hydrogen (secondary N) is 1. The van der Waals surface area contributed by atoms with E-state index in [0.717, 1.165) is 19.3 Å². The summed E-state index contributed by atoms with van der Waals surface area (Å²) in [6.45, 7) is 2.62. The zero-order chi connectivity index (χ0) is 21.9. The van der Waals surface area contributed by atoms with E-state index in [9.17, 15) is 20.1 Å². The maximum Gasteiger partial charge on any atom is 0.320 e. The van der Waals surface area contributed by atoms with Crippen molar-refractivity contribution in [1.29, 1.82) is 0 Å². The summed E-state index contributed by atoms with van der Waals surface area (Å²) in [7, 11) is 0. The summed E-state index contributed by atoms with van der Waals surface area (Å²) in [5.41, 5.74) is 10.5. The Balaban J connectivity index is 3.81. The summed E-state index contributed by atoms with van der Waals surface area (Å²) in [5, 5.41) is 32.2. The van der Waals surface area contributed by atoms with Gasteiger partial charge in [0.25, 0.3) is 0 Å². The molecule has 0 aromatic carbocycles. The lowest BCUT2D eigenvalue weighted by molar-refractivity contribution is -0.139. The molecule has 8 nitrogen and oxygen atoms in total. The van der Waals surface area contributed by atoms with Crippen molar-refractivity contribution in [3.8, 4) is 0 Å². The van der Waals surface area contributed by atoms with E-state index in [-0.39, 0.29) is 12.5 Å². The molecule has 2 unspecified atom stereocenters. The molecule has 0 fully saturated rings. The number of hydrogen-bond donors (Lipinski definition) is 6. The average molecular weight is 417 g/mol. The van der Waals surface area contributed by atoms with Crippen molar-refractivity contribution in [3.63, 3.8) is 0 Å². The number of carbonyl (C=O) groups is 1. The van der Waals surface area contributed by atoms with Gasteiger partial charge in [-0.3, -0.25) is 9.79 Å². The number of carboxylic acid groups (broad SMARTS) is 1. The summed E-state index contributed by atoms with van der Waals surface area (Å²) in [4.78, 5) is 15.1. The molecule has 29 heavy (non-hydrogen) atoms. The molecule has 172 valence electrons. The molecule has 0 aliphatic rings. The Labute approximate surface area is 176 Å². The van der Waals surface area contributed by atoms with Crippen LogP contribution in [0, 0.1) is 0 Å². The van der Waals surface area contributed by atoms with Gasteiger partial charge in [-0.15, -0.1) is 0 Å². The molecular weight excluding hydrogens is 372 g/mol. The highest BCUT2D eigenvalue weighted by atomic mass is 16.4. The largest absolute Gasteiger partial charge is 0.480 e. The van der Waals surface area contributed by atoms with Gasteiger partial charge in [0.05, 0.1) is 12.2 Å². The van der Waals surface area contributed by atoms with E-state index in [1.807, 2.05) is 0 Å². The van der Waals surface area contributed by atoms with Crippen LogP contribution in [0.5, 0.6) is 0 Å². The SMILES string of the molecule is CCCCCCCCCCCCC(O)C(O)CN[C@@H](CCCN=C(N)N)C(=O)O. The van der Waals surface area contributed by atoms with Crippen LogP contribution >= 0.6 is 0 Å². The quantitative estimate of drug-likeness (QED) is 0.101. The van der Waals surface area contributed by atoms with Gasteiger partial charge in [-0.1, -0.05) is 71.1 Å². The second-order valence-electron chi connectivity index (χ2n) is 7.85. The van der Waals surface area contributed by atoms with Crippen molar-refractivity contribution in [2.75, 3.05) is 13.1 Å². The Morgan fingerprint density at radius 1 is 0.862 bits per heavy atom. The Morgan fingerprint density at radius 3 is 1.93 bits per heavy atom. The first-order chi connectivity index (χ1) is 13.9. The van der Waals surface area contributed by atoms with Crippen LogP contribution in [0.2, 0.25) is 0 Å². The van der Waals surface area contributed by atoms with Gasteiger partial charge < -0.3 is 32.1 Å². The first-order valence-corrected chi connectivity index (χ1v) is 11.3. The smallest absolute Gasteiger partial charge is 0.320 e. The highest BCUT2D eigenvalue weighted by Crippen LogP contribution is 2.13. The van der Waals surface area contributed by atoms with Crippen LogP contribution < -0.4 is 16.8 Å². The highest BCUT2D eigenvalue weighted by molar-refractivity contribution is 5.75. The third-order valence-electron chi connectivity index (χ3n) is 5.11. The second kappa shape index (κ2) is 18.6. The van der Waals surface area contributed by atoms with Crippen LogP contribution in [-0.4, -0.2) is 58.6 Å². The zero-order valence-corrected chi connectivity index (χ0v) is 18.2. The number of aliphatic hydroxyl groups is 2. The van der Waals surface area contributed by atoms with E-state index in [4.69, 9.17) is 11.5 Å². The summed E-state index contributed by atoms with van der Waals surface area (Å²) in [6.07, 6.45) is 11.7. The van der Waals surface area contributed by atoms with Crippen molar-refractivity contribution >= 4 is 11.9 Å². The molecule has 8 N–H and O–H groups in total. The van der Waals surface area contributed by atoms with E-state index in [1.165, 1.54) is 44.9 Å². The second-order valence-corrected chi connectivity index (χ2v) is 7.85. The standard InChI is InChI=1S/C21H44N4O4/c1-2-3-4-5-6-7-8-9-10-11-14-18(26)19(27)16-25-17(20(28)29)13-12-15-24-21(22)23/h17-19,25-27H,2-16H2,1H3,(H,28,29)(H4,22,23,24)/t17-,18?,19?/m0/s1. The van der Waals surface area contributed by atoms with E-state index in [2.05, 4.69) is 17.2 Å². The normalized spacial score (nSPS) is 14.3. The predicted octanol–water partition coefficient (Wildman–Crippen LogP) is 2.12. The molecule has 0 bridgehead atoms. The zero-order valence-electron chi connectivity index (χ0n) is 18.2. The third-order valence-corrected chi connectivity index (χ3v) is 5.11. The van der Waals surface area contributed by atoms with E-state index >= 15 is 0 Å². The summed E-state index contributed by atoms with van der Waals surface area (Å²) < 4.78 is 0. The summed E-state index contributed by atoms with van der Waals surface area (Å²) in [6, 6.07) is -0.802. The number of unbranched alkanes of at least 4 members (excludes halogenated alkanes) is 9. The number of aliphatic imine (C=N–C) groups is 1. The monoisotopic (exact) mass is 416 g/mol. The third kappa shape index (κ3) is 17.2. The van der Waals surface area contributed by atoms with Crippen LogP contribution in [0.1, 0.15) is 90.4 Å². The van der Waals surface area contributed by atoms with Crippen molar-refractivity contribution in [2.45, 2.75) is 109 Å². The number of guanidine groups is 1. The molecular formula is C21H44N4O4. The Morgan fingerprint density at radius 2 is 1.41 bits per heavy atom. The van der Waals surface area contributed by atoms with Crippen molar-refractivity contribution in [3.05, 3.63) is 0 Å². The number of nitrogens with zero attached hydrogens (tertiary/aromatic N) is 1. The maximum absolute atomic E-state index is 11.3. The van der Waals surface area contributed by atoms with Crippen molar-refractivity contribution < 1.29 is 20.1 Å². The minimum atomic E-state index is -0.994. The van der Waals surface area contributed by atoms with Crippen LogP contribution in [0.4, 0.5) is 0 Å². The molecule has 0 radical (unpaired) electrons. The molecule has 8 heteroatoms. The Hall–Kier alpha value is -1.38. The number of nitrogens with two attached hydrogens (primary N) is 2. The van der Waals surface area contributed by atoms with Crippen LogP contribution in [0.15, 0.2) is 4.99 Å². The van der Waals surface area contributed by atoms with Crippen molar-refractivity contribution in [1.82, 2.24) is 5.32 Å². The van der Waals surface area contributed by atoms with Crippen LogP contribution in [-0.2, 0) is 4.79 Å². The van der Waals surface area contributed by atoms with Gasteiger partial charge in [0.1, 0.15) is 6.04 Å². The Bertz CT molecular complexity index is 431. The molecule has 3 atom stereocenters. The molecule has 0 aromatic rings. The van der Waals surface area contributed by atoms with Gasteiger partial charge in [0.2, 0.25) is 0 Å². The lowest BCUT2D eigenvalue weighted by Crippen LogP contribution is -2.44. The fourth-order valence-corrected chi connectivity index (χ4v) is 3.25. The van der Waals surface area contributed by atoms with Gasteiger partial charge in [-0.05, 0) is 19.3 Å². The molecule has 0 aromatic heterocycles. The maximum atomic E-state index is 11.3. The first kappa shape index (κ1) is 27.6. The van der Waals surface area contributed by atoms with Gasteiger partial charge in [0.15, 0.2) is 5.96 Å². The number of rotatable bonds is 20. The molecule has 0 rings (SSSR count). The van der Waals surface area contributed by atoms with Crippen LogP contribution in [0.3, 0.4) is 0 Å². The minimum absolute atomic E-state index is 0.0182. The van der Waals surface area contributed by atoms with Crippen LogP contribution in [0.25, 0.3) is 0 Å². The molecule has 0 saturated heterocycles. The highest BCUT2D eigenvalue weighted by Gasteiger charge is 2.21. The number of aliphatic carboxylic acids is 1. The lowest BCUT2D eigenvalue weighted by atomic mass is 10.0. The van der Waals surface area contributed by atoms with Gasteiger partial charge >= 0.3 is 5.97 Å². The van der Waals surface area contributed by atoms with E-state index < -0.39 is 24.2 Å². The summed E-state index contributed by atoms with van der Waals surface area (Å²) >= 11 is 0. The summed E-state index contributed by atoms with van der Waals surface area (Å²) in [5.74, 6) is -1.01.